The van der Waals surface area contributed by atoms with Gasteiger partial charge in [0.2, 0.25) is 0 Å². The van der Waals surface area contributed by atoms with Crippen LogP contribution < -0.4 is 9.47 Å². The molecule has 0 aromatic heterocycles. The molecular weight excluding hydrogens is 384 g/mol. The largest absolute Gasteiger partial charge is 0.497 e. The third-order valence-electron chi connectivity index (χ3n) is 6.67. The minimum Gasteiger partial charge on any atom is -0.497 e. The van der Waals surface area contributed by atoms with Crippen molar-refractivity contribution in [2.75, 3.05) is 13.7 Å². The number of carbonyl (C=O) groups excluding carboxylic acids is 1. The van der Waals surface area contributed by atoms with Crippen molar-refractivity contribution < 1.29 is 14.3 Å². The lowest BCUT2D eigenvalue weighted by atomic mass is 9.80. The first-order chi connectivity index (χ1) is 15.1. The molecule has 0 bridgehead atoms. The number of Topliss-reactive ketones (excluding diaryl/α,β-unsaturated/α-hetero) is 1. The molecule has 0 amide bonds. The van der Waals surface area contributed by atoms with E-state index in [1.54, 1.807) is 7.11 Å². The average molecular weight is 419 g/mol. The number of allylic oxidation sites excluding steroid dienone is 2. The lowest BCUT2D eigenvalue weighted by Gasteiger charge is -2.25. The van der Waals surface area contributed by atoms with Crippen LogP contribution in [0.5, 0.6) is 11.5 Å². The second kappa shape index (κ2) is 9.72. The summed E-state index contributed by atoms with van der Waals surface area (Å²) >= 11 is 0. The zero-order valence-electron chi connectivity index (χ0n) is 19.2. The molecule has 0 heterocycles. The summed E-state index contributed by atoms with van der Waals surface area (Å²) in [5.41, 5.74) is 7.71. The summed E-state index contributed by atoms with van der Waals surface area (Å²) in [5, 5.41) is 0. The molecule has 0 radical (unpaired) electrons. The molecule has 0 spiro atoms. The summed E-state index contributed by atoms with van der Waals surface area (Å²) in [6, 6.07) is 10.2. The van der Waals surface area contributed by atoms with Gasteiger partial charge in [0.1, 0.15) is 11.5 Å². The van der Waals surface area contributed by atoms with Gasteiger partial charge < -0.3 is 9.47 Å². The normalized spacial score (nSPS) is 19.0. The van der Waals surface area contributed by atoms with Gasteiger partial charge >= 0.3 is 0 Å². The van der Waals surface area contributed by atoms with Crippen LogP contribution in [0.1, 0.15) is 85.0 Å². The first-order valence-electron chi connectivity index (χ1n) is 11.8. The number of ketones is 1. The molecule has 0 N–H and O–H groups in total. The van der Waals surface area contributed by atoms with Crippen molar-refractivity contribution in [3.05, 3.63) is 63.7 Å². The van der Waals surface area contributed by atoms with E-state index in [1.165, 1.54) is 23.1 Å². The Kier molecular flexibility index (Phi) is 6.80. The van der Waals surface area contributed by atoms with Crippen LogP contribution in [0.4, 0.5) is 0 Å². The summed E-state index contributed by atoms with van der Waals surface area (Å²) in [4.78, 5) is 14.3. The number of fused-ring (bicyclic) bond motifs is 3. The van der Waals surface area contributed by atoms with E-state index in [-0.39, 0.29) is 5.78 Å². The topological polar surface area (TPSA) is 35.5 Å². The fraction of sp³-hybridized carbons (Fsp3) is 0.464. The SMILES string of the molecule is CCCOc1cc2c(c3c1CCCC/C(C)=C(/c1ccc(OC)cc1)C3=O)CCCC2. The standard InChI is InChI=1S/C28H34O3/c1-4-17-31-25-18-21-10-6-8-11-23(21)27-24(25)12-7-5-9-19(2)26(28(27)29)20-13-15-22(30-3)16-14-20/h13-16,18H,4-12,17H2,1-3H3/b26-19-. The van der Waals surface area contributed by atoms with Crippen molar-refractivity contribution in [2.24, 2.45) is 0 Å². The number of hydrogen-bond acceptors (Lipinski definition) is 3. The fourth-order valence-corrected chi connectivity index (χ4v) is 5.06. The van der Waals surface area contributed by atoms with Gasteiger partial charge in [-0.05, 0) is 99.6 Å². The number of hydrogen-bond donors (Lipinski definition) is 0. The lowest BCUT2D eigenvalue weighted by molar-refractivity contribution is 0.105. The van der Waals surface area contributed by atoms with Gasteiger partial charge in [-0.1, -0.05) is 24.6 Å². The Hall–Kier alpha value is -2.55. The second-order valence-electron chi connectivity index (χ2n) is 8.84. The summed E-state index contributed by atoms with van der Waals surface area (Å²) < 4.78 is 11.6. The predicted molar refractivity (Wildman–Crippen MR) is 126 cm³/mol. The minimum absolute atomic E-state index is 0.180. The third-order valence-corrected chi connectivity index (χ3v) is 6.67. The Bertz CT molecular complexity index is 982. The Balaban J connectivity index is 1.90. The molecule has 4 rings (SSSR count). The molecule has 0 saturated carbocycles. The van der Waals surface area contributed by atoms with Gasteiger partial charge in [-0.2, -0.15) is 0 Å². The van der Waals surface area contributed by atoms with Gasteiger partial charge in [0, 0.05) is 16.7 Å². The molecule has 3 nitrogen and oxygen atoms in total. The molecule has 0 atom stereocenters. The highest BCUT2D eigenvalue weighted by atomic mass is 16.5. The van der Waals surface area contributed by atoms with Crippen molar-refractivity contribution in [2.45, 2.75) is 71.6 Å². The quantitative estimate of drug-likeness (QED) is 0.539. The summed E-state index contributed by atoms with van der Waals surface area (Å²) in [5.74, 6) is 1.93. The monoisotopic (exact) mass is 418 g/mol. The van der Waals surface area contributed by atoms with Gasteiger partial charge in [-0.15, -0.1) is 0 Å². The number of aryl methyl sites for hydroxylation is 1. The van der Waals surface area contributed by atoms with E-state index < -0.39 is 0 Å². The summed E-state index contributed by atoms with van der Waals surface area (Å²) in [7, 11) is 1.67. The molecule has 0 saturated heterocycles. The lowest BCUT2D eigenvalue weighted by Crippen LogP contribution is -2.17. The number of ether oxygens (including phenoxy) is 2. The number of carbonyl (C=O) groups is 1. The van der Waals surface area contributed by atoms with Crippen LogP contribution >= 0.6 is 0 Å². The molecule has 2 aliphatic rings. The Labute approximate surface area is 186 Å². The molecule has 2 aliphatic carbocycles. The van der Waals surface area contributed by atoms with E-state index in [2.05, 4.69) is 19.9 Å². The van der Waals surface area contributed by atoms with E-state index >= 15 is 0 Å². The molecule has 31 heavy (non-hydrogen) atoms. The van der Waals surface area contributed by atoms with Crippen molar-refractivity contribution in [1.82, 2.24) is 0 Å². The van der Waals surface area contributed by atoms with E-state index in [9.17, 15) is 4.79 Å². The molecule has 2 aromatic rings. The predicted octanol–water partition coefficient (Wildman–Crippen LogP) is 6.75. The molecule has 0 fully saturated rings. The second-order valence-corrected chi connectivity index (χ2v) is 8.84. The molecule has 164 valence electrons. The first-order valence-corrected chi connectivity index (χ1v) is 11.8. The van der Waals surface area contributed by atoms with Crippen molar-refractivity contribution in [1.29, 1.82) is 0 Å². The van der Waals surface area contributed by atoms with Crippen LogP contribution in [0.3, 0.4) is 0 Å². The highest BCUT2D eigenvalue weighted by Crippen LogP contribution is 2.39. The van der Waals surface area contributed by atoms with Crippen molar-refractivity contribution >= 4 is 11.4 Å². The first kappa shape index (κ1) is 21.7. The number of rotatable bonds is 5. The van der Waals surface area contributed by atoms with E-state index in [0.29, 0.717) is 6.61 Å². The fourth-order valence-electron chi connectivity index (χ4n) is 5.06. The Morgan fingerprint density at radius 2 is 1.58 bits per heavy atom. The molecular formula is C28H34O3. The maximum absolute atomic E-state index is 14.3. The highest BCUT2D eigenvalue weighted by Gasteiger charge is 2.29. The zero-order chi connectivity index (χ0) is 21.8. The summed E-state index contributed by atoms with van der Waals surface area (Å²) in [6.07, 6.45) is 9.37. The van der Waals surface area contributed by atoms with Gasteiger partial charge in [-0.3, -0.25) is 4.79 Å². The van der Waals surface area contributed by atoms with Crippen molar-refractivity contribution in [3.8, 4) is 11.5 Å². The molecule has 0 aliphatic heterocycles. The maximum Gasteiger partial charge on any atom is 0.194 e. The zero-order valence-corrected chi connectivity index (χ0v) is 19.2. The van der Waals surface area contributed by atoms with Crippen molar-refractivity contribution in [3.63, 3.8) is 0 Å². The van der Waals surface area contributed by atoms with Gasteiger partial charge in [0.15, 0.2) is 5.78 Å². The summed E-state index contributed by atoms with van der Waals surface area (Å²) in [6.45, 7) is 4.96. The van der Waals surface area contributed by atoms with Crippen LogP contribution in [0.25, 0.3) is 5.57 Å². The van der Waals surface area contributed by atoms with Gasteiger partial charge in [-0.25, -0.2) is 0 Å². The number of methoxy groups -OCH3 is 1. The molecule has 2 aromatic carbocycles. The minimum atomic E-state index is 0.180. The van der Waals surface area contributed by atoms with Crippen LogP contribution in [0.2, 0.25) is 0 Å². The Morgan fingerprint density at radius 1 is 0.903 bits per heavy atom. The van der Waals surface area contributed by atoms with Gasteiger partial charge in [0.25, 0.3) is 0 Å². The van der Waals surface area contributed by atoms with Crippen LogP contribution in [0, 0.1) is 0 Å². The third kappa shape index (κ3) is 4.42. The molecule has 0 unspecified atom stereocenters. The average Bonchev–Trinajstić information content (AvgIpc) is 2.86. The van der Waals surface area contributed by atoms with E-state index in [1.807, 2.05) is 24.3 Å². The Morgan fingerprint density at radius 3 is 2.29 bits per heavy atom. The highest BCUT2D eigenvalue weighted by molar-refractivity contribution is 6.30. The molecule has 3 heteroatoms. The number of benzene rings is 2. The maximum atomic E-state index is 14.3. The van der Waals surface area contributed by atoms with Gasteiger partial charge in [0.05, 0.1) is 13.7 Å². The van der Waals surface area contributed by atoms with E-state index in [4.69, 9.17) is 9.47 Å². The van der Waals surface area contributed by atoms with Crippen LogP contribution in [0.15, 0.2) is 35.9 Å². The smallest absolute Gasteiger partial charge is 0.194 e. The van der Waals surface area contributed by atoms with Crippen LogP contribution in [-0.4, -0.2) is 19.5 Å². The van der Waals surface area contributed by atoms with E-state index in [0.717, 1.165) is 85.1 Å². The van der Waals surface area contributed by atoms with Crippen LogP contribution in [-0.2, 0) is 19.3 Å².